The van der Waals surface area contributed by atoms with Gasteiger partial charge in [-0.25, -0.2) is 4.98 Å². The van der Waals surface area contributed by atoms with Gasteiger partial charge in [-0.05, 0) is 30.0 Å². The lowest BCUT2D eigenvalue weighted by Gasteiger charge is -2.04. The molecule has 0 amide bonds. The van der Waals surface area contributed by atoms with Gasteiger partial charge in [0.15, 0.2) is 0 Å². The molecule has 0 fully saturated rings. The summed E-state index contributed by atoms with van der Waals surface area (Å²) in [4.78, 5) is 4.33. The van der Waals surface area contributed by atoms with E-state index >= 15 is 0 Å². The minimum Gasteiger partial charge on any atom is -0.508 e. The lowest BCUT2D eigenvalue weighted by Crippen LogP contribution is -1.86. The van der Waals surface area contributed by atoms with Crippen molar-refractivity contribution in [2.24, 2.45) is 0 Å². The summed E-state index contributed by atoms with van der Waals surface area (Å²) in [5.41, 5.74) is 0. The molecule has 0 aliphatic carbocycles. The maximum Gasteiger partial charge on any atom is 0.116 e. The van der Waals surface area contributed by atoms with Crippen LogP contribution in [0.3, 0.4) is 0 Å². The van der Waals surface area contributed by atoms with Crippen LogP contribution < -0.4 is 0 Å². The van der Waals surface area contributed by atoms with E-state index in [4.69, 9.17) is 11.6 Å². The minimum atomic E-state index is 0.277. The van der Waals surface area contributed by atoms with E-state index in [2.05, 4.69) is 4.98 Å². The number of aromatic nitrogens is 1. The summed E-state index contributed by atoms with van der Waals surface area (Å²) in [5, 5.41) is 12.5. The zero-order valence-corrected chi connectivity index (χ0v) is 10.3. The fourth-order valence-corrected chi connectivity index (χ4v) is 2.71. The first-order chi connectivity index (χ1) is 7.81. The van der Waals surface area contributed by atoms with Crippen LogP contribution in [0, 0.1) is 0 Å². The van der Waals surface area contributed by atoms with E-state index in [0.717, 1.165) is 28.0 Å². The summed E-state index contributed by atoms with van der Waals surface area (Å²) in [5.74, 6) is 1.90. The SMILES string of the molecule is Oc1ccc2ccnc(SCCCCl)c2c1. The molecule has 1 aromatic carbocycles. The number of phenolic OH excluding ortho intramolecular Hbond substituents is 1. The van der Waals surface area contributed by atoms with Gasteiger partial charge in [-0.15, -0.1) is 23.4 Å². The summed E-state index contributed by atoms with van der Waals surface area (Å²) >= 11 is 7.31. The highest BCUT2D eigenvalue weighted by Crippen LogP contribution is 2.28. The molecule has 84 valence electrons. The monoisotopic (exact) mass is 253 g/mol. The Labute approximate surface area is 104 Å². The molecule has 1 heterocycles. The smallest absolute Gasteiger partial charge is 0.116 e. The Morgan fingerprint density at radius 2 is 2.19 bits per heavy atom. The molecular formula is C12H12ClNOS. The zero-order valence-electron chi connectivity index (χ0n) is 8.69. The number of hydrogen-bond donors (Lipinski definition) is 1. The molecule has 0 saturated carbocycles. The molecule has 16 heavy (non-hydrogen) atoms. The van der Waals surface area contributed by atoms with Crippen LogP contribution in [0.15, 0.2) is 35.5 Å². The van der Waals surface area contributed by atoms with Crippen molar-refractivity contribution in [1.29, 1.82) is 0 Å². The number of alkyl halides is 1. The number of pyridine rings is 1. The molecule has 0 unspecified atom stereocenters. The Hall–Kier alpha value is -0.930. The summed E-state index contributed by atoms with van der Waals surface area (Å²) in [7, 11) is 0. The molecule has 2 aromatic rings. The maximum absolute atomic E-state index is 9.47. The number of benzene rings is 1. The molecule has 0 saturated heterocycles. The first-order valence-corrected chi connectivity index (χ1v) is 6.60. The first kappa shape index (κ1) is 11.6. The van der Waals surface area contributed by atoms with Gasteiger partial charge in [-0.2, -0.15) is 0 Å². The third-order valence-electron chi connectivity index (χ3n) is 2.23. The molecule has 0 spiro atoms. The maximum atomic E-state index is 9.47. The van der Waals surface area contributed by atoms with Crippen LogP contribution in [0.5, 0.6) is 5.75 Å². The van der Waals surface area contributed by atoms with Crippen molar-refractivity contribution in [1.82, 2.24) is 4.98 Å². The molecule has 0 bridgehead atoms. The predicted molar refractivity (Wildman–Crippen MR) is 69.5 cm³/mol. The second-order valence-electron chi connectivity index (χ2n) is 3.41. The van der Waals surface area contributed by atoms with Gasteiger partial charge in [0.05, 0.1) is 0 Å². The quantitative estimate of drug-likeness (QED) is 0.513. The summed E-state index contributed by atoms with van der Waals surface area (Å²) < 4.78 is 0. The molecule has 1 aromatic heterocycles. The Morgan fingerprint density at radius 3 is 3.00 bits per heavy atom. The van der Waals surface area contributed by atoms with Crippen molar-refractivity contribution in [2.45, 2.75) is 11.4 Å². The molecule has 0 aliphatic heterocycles. The second-order valence-corrected chi connectivity index (χ2v) is 4.87. The van der Waals surface area contributed by atoms with Crippen LogP contribution in [0.1, 0.15) is 6.42 Å². The molecule has 1 N–H and O–H groups in total. The highest BCUT2D eigenvalue weighted by atomic mass is 35.5. The predicted octanol–water partition coefficient (Wildman–Crippen LogP) is 3.66. The molecule has 0 radical (unpaired) electrons. The van der Waals surface area contributed by atoms with E-state index in [0.29, 0.717) is 5.88 Å². The molecular weight excluding hydrogens is 242 g/mol. The topological polar surface area (TPSA) is 33.1 Å². The number of hydrogen-bond acceptors (Lipinski definition) is 3. The number of halogens is 1. The second kappa shape index (κ2) is 5.41. The van der Waals surface area contributed by atoms with Crippen molar-refractivity contribution >= 4 is 34.1 Å². The van der Waals surface area contributed by atoms with E-state index in [1.165, 1.54) is 0 Å². The number of rotatable bonds is 4. The van der Waals surface area contributed by atoms with Gasteiger partial charge in [-0.1, -0.05) is 6.07 Å². The van der Waals surface area contributed by atoms with Crippen LogP contribution in [0.2, 0.25) is 0 Å². The summed E-state index contributed by atoms with van der Waals surface area (Å²) in [6, 6.07) is 7.29. The standard InChI is InChI=1S/C12H12ClNOS/c13-5-1-7-16-12-11-8-10(15)3-2-9(11)4-6-14-12/h2-4,6,8,15H,1,5,7H2. The zero-order chi connectivity index (χ0) is 11.4. The van der Waals surface area contributed by atoms with Crippen molar-refractivity contribution in [3.8, 4) is 5.75 Å². The molecule has 0 atom stereocenters. The fourth-order valence-electron chi connectivity index (χ4n) is 1.47. The van der Waals surface area contributed by atoms with Gasteiger partial charge in [-0.3, -0.25) is 0 Å². The van der Waals surface area contributed by atoms with Gasteiger partial charge >= 0.3 is 0 Å². The van der Waals surface area contributed by atoms with E-state index in [9.17, 15) is 5.11 Å². The lowest BCUT2D eigenvalue weighted by molar-refractivity contribution is 0.476. The van der Waals surface area contributed by atoms with Crippen LogP contribution in [0.25, 0.3) is 10.8 Å². The van der Waals surface area contributed by atoms with Crippen LogP contribution >= 0.6 is 23.4 Å². The number of thioether (sulfide) groups is 1. The molecule has 0 aliphatic rings. The summed E-state index contributed by atoms with van der Waals surface area (Å²) in [6.45, 7) is 0. The molecule has 2 rings (SSSR count). The summed E-state index contributed by atoms with van der Waals surface area (Å²) in [6.07, 6.45) is 2.76. The highest BCUT2D eigenvalue weighted by molar-refractivity contribution is 7.99. The lowest BCUT2D eigenvalue weighted by atomic mass is 10.2. The Morgan fingerprint density at radius 1 is 1.31 bits per heavy atom. The highest BCUT2D eigenvalue weighted by Gasteiger charge is 2.03. The van der Waals surface area contributed by atoms with Gasteiger partial charge < -0.3 is 5.11 Å². The van der Waals surface area contributed by atoms with Gasteiger partial charge in [0.1, 0.15) is 10.8 Å². The third kappa shape index (κ3) is 2.60. The van der Waals surface area contributed by atoms with Gasteiger partial charge in [0.2, 0.25) is 0 Å². The van der Waals surface area contributed by atoms with Crippen LogP contribution in [-0.2, 0) is 0 Å². The average molecular weight is 254 g/mol. The van der Waals surface area contributed by atoms with E-state index in [-0.39, 0.29) is 5.75 Å². The average Bonchev–Trinajstić information content (AvgIpc) is 2.30. The first-order valence-electron chi connectivity index (χ1n) is 5.08. The van der Waals surface area contributed by atoms with E-state index < -0.39 is 0 Å². The van der Waals surface area contributed by atoms with E-state index in [1.54, 1.807) is 30.1 Å². The number of aromatic hydroxyl groups is 1. The normalized spacial score (nSPS) is 10.8. The Kier molecular flexibility index (Phi) is 3.91. The van der Waals surface area contributed by atoms with Crippen molar-refractivity contribution in [2.75, 3.05) is 11.6 Å². The third-order valence-corrected chi connectivity index (χ3v) is 3.59. The number of phenols is 1. The van der Waals surface area contributed by atoms with Crippen molar-refractivity contribution in [3.63, 3.8) is 0 Å². The Balaban J connectivity index is 2.32. The largest absolute Gasteiger partial charge is 0.508 e. The minimum absolute atomic E-state index is 0.277. The number of nitrogens with zero attached hydrogens (tertiary/aromatic N) is 1. The van der Waals surface area contributed by atoms with Gasteiger partial charge in [0, 0.05) is 23.2 Å². The van der Waals surface area contributed by atoms with Crippen molar-refractivity contribution < 1.29 is 5.11 Å². The van der Waals surface area contributed by atoms with Gasteiger partial charge in [0.25, 0.3) is 0 Å². The molecule has 4 heteroatoms. The van der Waals surface area contributed by atoms with Crippen LogP contribution in [0.4, 0.5) is 0 Å². The van der Waals surface area contributed by atoms with Crippen LogP contribution in [-0.4, -0.2) is 21.7 Å². The Bertz CT molecular complexity index is 489. The van der Waals surface area contributed by atoms with Crippen molar-refractivity contribution in [3.05, 3.63) is 30.5 Å². The fraction of sp³-hybridized carbons (Fsp3) is 0.250. The van der Waals surface area contributed by atoms with E-state index in [1.807, 2.05) is 12.1 Å². The molecule has 2 nitrogen and oxygen atoms in total. The number of fused-ring (bicyclic) bond motifs is 1.